The van der Waals surface area contributed by atoms with Crippen molar-refractivity contribution in [2.24, 2.45) is 0 Å². The predicted octanol–water partition coefficient (Wildman–Crippen LogP) is 4.92. The number of benzene rings is 2. The Morgan fingerprint density at radius 1 is 1.05 bits per heavy atom. The molecule has 1 nitrogen and oxygen atoms in total. The Morgan fingerprint density at radius 3 is 2.47 bits per heavy atom. The Balaban J connectivity index is 2.02. The average molecular weight is 318 g/mol. The molecule has 100 valence electrons. The quantitative estimate of drug-likeness (QED) is 0.844. The van der Waals surface area contributed by atoms with Crippen LogP contribution in [0.3, 0.4) is 0 Å². The number of hydrogen-bond donors (Lipinski definition) is 1. The maximum absolute atomic E-state index is 3.63. The van der Waals surface area contributed by atoms with Gasteiger partial charge in [-0.2, -0.15) is 0 Å². The van der Waals surface area contributed by atoms with Crippen LogP contribution in [0.25, 0.3) is 0 Å². The molecule has 19 heavy (non-hydrogen) atoms. The molecule has 1 atom stereocenters. The van der Waals surface area contributed by atoms with Gasteiger partial charge in [0.05, 0.1) is 0 Å². The van der Waals surface area contributed by atoms with E-state index in [2.05, 4.69) is 84.5 Å². The molecule has 0 unspecified atom stereocenters. The van der Waals surface area contributed by atoms with Gasteiger partial charge >= 0.3 is 0 Å². The summed E-state index contributed by atoms with van der Waals surface area (Å²) in [5.74, 6) is 0. The summed E-state index contributed by atoms with van der Waals surface area (Å²) >= 11 is 3.63. The monoisotopic (exact) mass is 317 g/mol. The number of hydrogen-bond acceptors (Lipinski definition) is 1. The zero-order valence-corrected chi connectivity index (χ0v) is 13.3. The molecular weight excluding hydrogens is 298 g/mol. The Morgan fingerprint density at radius 2 is 1.79 bits per heavy atom. The maximum Gasteiger partial charge on any atom is 0.0295 e. The van der Waals surface area contributed by atoms with E-state index in [0.29, 0.717) is 6.04 Å². The van der Waals surface area contributed by atoms with Gasteiger partial charge in [-0.3, -0.25) is 0 Å². The summed E-state index contributed by atoms with van der Waals surface area (Å²) in [6.07, 6.45) is 0. The molecule has 0 saturated carbocycles. The van der Waals surface area contributed by atoms with Crippen LogP contribution in [0.2, 0.25) is 0 Å². The van der Waals surface area contributed by atoms with Crippen LogP contribution in [0.15, 0.2) is 46.9 Å². The lowest BCUT2D eigenvalue weighted by Gasteiger charge is -2.16. The number of halogens is 1. The van der Waals surface area contributed by atoms with Crippen LogP contribution in [-0.2, 0) is 6.54 Å². The van der Waals surface area contributed by atoms with Crippen molar-refractivity contribution in [3.63, 3.8) is 0 Å². The Bertz CT molecular complexity index is 563. The first-order valence-electron chi connectivity index (χ1n) is 6.61. The summed E-state index contributed by atoms with van der Waals surface area (Å²) in [7, 11) is 0. The van der Waals surface area contributed by atoms with E-state index >= 15 is 0 Å². The Labute approximate surface area is 124 Å². The number of rotatable bonds is 4. The second kappa shape index (κ2) is 6.36. The normalized spacial score (nSPS) is 12.4. The van der Waals surface area contributed by atoms with Gasteiger partial charge in [0, 0.05) is 17.1 Å². The molecule has 0 radical (unpaired) electrons. The van der Waals surface area contributed by atoms with Crippen molar-refractivity contribution >= 4 is 15.9 Å². The van der Waals surface area contributed by atoms with Crippen LogP contribution >= 0.6 is 15.9 Å². The van der Waals surface area contributed by atoms with Gasteiger partial charge in [0.1, 0.15) is 0 Å². The highest BCUT2D eigenvalue weighted by Crippen LogP contribution is 2.20. The lowest BCUT2D eigenvalue weighted by Crippen LogP contribution is -2.18. The van der Waals surface area contributed by atoms with Crippen molar-refractivity contribution in [3.05, 3.63) is 69.2 Å². The molecule has 0 heterocycles. The minimum absolute atomic E-state index is 0.355. The molecule has 0 aliphatic carbocycles. The van der Waals surface area contributed by atoms with Gasteiger partial charge < -0.3 is 5.32 Å². The third-order valence-corrected chi connectivity index (χ3v) is 4.09. The van der Waals surface area contributed by atoms with E-state index in [0.717, 1.165) is 6.54 Å². The first-order chi connectivity index (χ1) is 9.06. The highest BCUT2D eigenvalue weighted by molar-refractivity contribution is 9.10. The van der Waals surface area contributed by atoms with Gasteiger partial charge in [0.25, 0.3) is 0 Å². The van der Waals surface area contributed by atoms with Crippen LogP contribution in [0, 0.1) is 13.8 Å². The van der Waals surface area contributed by atoms with Crippen LogP contribution in [0.1, 0.15) is 35.2 Å². The first kappa shape index (κ1) is 14.3. The van der Waals surface area contributed by atoms with Gasteiger partial charge in [0.15, 0.2) is 0 Å². The standard InChI is InChI=1S/C17H20BrN/c1-12-5-4-6-15(9-12)14(3)19-11-16-8-7-13(2)10-17(16)18/h4-10,14,19H,11H2,1-3H3/t14-/m0/s1. The van der Waals surface area contributed by atoms with Crippen molar-refractivity contribution in [3.8, 4) is 0 Å². The highest BCUT2D eigenvalue weighted by atomic mass is 79.9. The van der Waals surface area contributed by atoms with Crippen molar-refractivity contribution < 1.29 is 0 Å². The molecule has 0 aliphatic heterocycles. The van der Waals surface area contributed by atoms with Gasteiger partial charge in [0.2, 0.25) is 0 Å². The van der Waals surface area contributed by atoms with Crippen molar-refractivity contribution in [1.82, 2.24) is 5.32 Å². The van der Waals surface area contributed by atoms with Crippen LogP contribution in [0.5, 0.6) is 0 Å². The summed E-state index contributed by atoms with van der Waals surface area (Å²) in [5.41, 5.74) is 5.22. The van der Waals surface area contributed by atoms with Gasteiger partial charge in [-0.15, -0.1) is 0 Å². The van der Waals surface area contributed by atoms with Crippen LogP contribution in [-0.4, -0.2) is 0 Å². The molecule has 2 rings (SSSR count). The Hall–Kier alpha value is -1.12. The molecular formula is C17H20BrN. The fourth-order valence-electron chi connectivity index (χ4n) is 2.12. The van der Waals surface area contributed by atoms with Crippen molar-refractivity contribution in [1.29, 1.82) is 0 Å². The summed E-state index contributed by atoms with van der Waals surface area (Å²) in [4.78, 5) is 0. The fraction of sp³-hybridized carbons (Fsp3) is 0.294. The van der Waals surface area contributed by atoms with E-state index < -0.39 is 0 Å². The van der Waals surface area contributed by atoms with Crippen LogP contribution < -0.4 is 5.32 Å². The molecule has 0 saturated heterocycles. The molecule has 2 aromatic rings. The third-order valence-electron chi connectivity index (χ3n) is 3.35. The van der Waals surface area contributed by atoms with Gasteiger partial charge in [-0.1, -0.05) is 57.9 Å². The molecule has 2 heteroatoms. The molecule has 0 amide bonds. The van der Waals surface area contributed by atoms with Crippen LogP contribution in [0.4, 0.5) is 0 Å². The van der Waals surface area contributed by atoms with Crippen molar-refractivity contribution in [2.75, 3.05) is 0 Å². The topological polar surface area (TPSA) is 12.0 Å². The number of nitrogens with one attached hydrogen (secondary N) is 1. The molecule has 2 aromatic carbocycles. The van der Waals surface area contributed by atoms with E-state index in [1.54, 1.807) is 0 Å². The predicted molar refractivity (Wildman–Crippen MR) is 85.3 cm³/mol. The van der Waals surface area contributed by atoms with Crippen molar-refractivity contribution in [2.45, 2.75) is 33.4 Å². The summed E-state index contributed by atoms with van der Waals surface area (Å²) in [5, 5.41) is 3.57. The summed E-state index contributed by atoms with van der Waals surface area (Å²) in [6.45, 7) is 7.32. The molecule has 0 spiro atoms. The zero-order chi connectivity index (χ0) is 13.8. The minimum Gasteiger partial charge on any atom is -0.306 e. The first-order valence-corrected chi connectivity index (χ1v) is 7.40. The van der Waals surface area contributed by atoms with Gasteiger partial charge in [-0.05, 0) is 43.5 Å². The average Bonchev–Trinajstić information content (AvgIpc) is 2.37. The van der Waals surface area contributed by atoms with Gasteiger partial charge in [-0.25, -0.2) is 0 Å². The van der Waals surface area contributed by atoms with E-state index in [1.807, 2.05) is 0 Å². The maximum atomic E-state index is 3.63. The molecule has 0 aromatic heterocycles. The second-order valence-corrected chi connectivity index (χ2v) is 5.97. The largest absolute Gasteiger partial charge is 0.306 e. The van der Waals surface area contributed by atoms with E-state index in [9.17, 15) is 0 Å². The third kappa shape index (κ3) is 3.92. The number of aryl methyl sites for hydroxylation is 2. The van der Waals surface area contributed by atoms with E-state index in [1.165, 1.54) is 26.7 Å². The smallest absolute Gasteiger partial charge is 0.0295 e. The fourth-order valence-corrected chi connectivity index (χ4v) is 2.75. The van der Waals surface area contributed by atoms with E-state index in [4.69, 9.17) is 0 Å². The lowest BCUT2D eigenvalue weighted by molar-refractivity contribution is 0.573. The summed E-state index contributed by atoms with van der Waals surface area (Å²) in [6, 6.07) is 15.5. The second-order valence-electron chi connectivity index (χ2n) is 5.11. The van der Waals surface area contributed by atoms with E-state index in [-0.39, 0.29) is 0 Å². The SMILES string of the molecule is Cc1cccc([C@H](C)NCc2ccc(C)cc2Br)c1. The molecule has 0 bridgehead atoms. The lowest BCUT2D eigenvalue weighted by atomic mass is 10.1. The highest BCUT2D eigenvalue weighted by Gasteiger charge is 2.06. The Kier molecular flexibility index (Phi) is 4.78. The zero-order valence-electron chi connectivity index (χ0n) is 11.7. The molecule has 1 N–H and O–H groups in total. The molecule has 0 fully saturated rings. The molecule has 0 aliphatic rings. The summed E-state index contributed by atoms with van der Waals surface area (Å²) < 4.78 is 1.18. The minimum atomic E-state index is 0.355.